The normalized spacial score (nSPS) is 18.5. The lowest BCUT2D eigenvalue weighted by atomic mass is 9.90. The molecule has 134 valence electrons. The molecule has 0 amide bonds. The number of aliphatic imine (C=N–C) groups is 1. The number of guanidine groups is 1. The number of methoxy groups -OCH3 is 1. The van der Waals surface area contributed by atoms with Crippen molar-refractivity contribution in [2.24, 2.45) is 4.99 Å². The molecule has 7 heteroatoms. The molecule has 6 nitrogen and oxygen atoms in total. The second-order valence-corrected chi connectivity index (χ2v) is 6.13. The van der Waals surface area contributed by atoms with Gasteiger partial charge in [0.05, 0.1) is 19.6 Å². The topological polar surface area (TPSA) is 72.0 Å². The van der Waals surface area contributed by atoms with Crippen LogP contribution in [0.4, 0.5) is 0 Å². The average Bonchev–Trinajstić information content (AvgIpc) is 2.52. The maximum atomic E-state index is 11.2. The summed E-state index contributed by atoms with van der Waals surface area (Å²) < 4.78 is 10.7. The lowest BCUT2D eigenvalue weighted by Crippen LogP contribution is -2.45. The van der Waals surface area contributed by atoms with Crippen LogP contribution in [0.1, 0.15) is 38.3 Å². The van der Waals surface area contributed by atoms with Crippen molar-refractivity contribution < 1.29 is 14.3 Å². The van der Waals surface area contributed by atoms with Crippen molar-refractivity contribution >= 4 is 35.9 Å². The summed E-state index contributed by atoms with van der Waals surface area (Å²) >= 11 is 0. The fraction of sp³-hybridized carbons (Fsp3) is 0.529. The van der Waals surface area contributed by atoms with Crippen LogP contribution in [0.25, 0.3) is 0 Å². The highest BCUT2D eigenvalue weighted by Crippen LogP contribution is 2.39. The van der Waals surface area contributed by atoms with Gasteiger partial charge >= 0.3 is 5.97 Å². The number of hydrogen-bond acceptors (Lipinski definition) is 4. The molecule has 1 aliphatic heterocycles. The van der Waals surface area contributed by atoms with Crippen LogP contribution in [0, 0.1) is 0 Å². The zero-order valence-corrected chi connectivity index (χ0v) is 16.9. The predicted molar refractivity (Wildman–Crippen MR) is 105 cm³/mol. The molecule has 0 aliphatic carbocycles. The summed E-state index contributed by atoms with van der Waals surface area (Å²) in [5, 5.41) is 6.55. The molecule has 1 heterocycles. The third kappa shape index (κ3) is 5.54. The third-order valence-corrected chi connectivity index (χ3v) is 3.76. The minimum absolute atomic E-state index is 0. The van der Waals surface area contributed by atoms with Crippen LogP contribution in [0.15, 0.2) is 29.3 Å². The molecule has 1 aromatic carbocycles. The fourth-order valence-corrected chi connectivity index (χ4v) is 2.68. The molecule has 0 aromatic heterocycles. The lowest BCUT2D eigenvalue weighted by Gasteiger charge is -2.38. The molecule has 2 N–H and O–H groups in total. The molecule has 0 bridgehead atoms. The minimum atomic E-state index is -0.253. The van der Waals surface area contributed by atoms with Crippen LogP contribution in [0.2, 0.25) is 0 Å². The van der Waals surface area contributed by atoms with Crippen LogP contribution in [-0.4, -0.2) is 38.2 Å². The van der Waals surface area contributed by atoms with Gasteiger partial charge in [0.1, 0.15) is 11.4 Å². The van der Waals surface area contributed by atoms with E-state index in [1.807, 2.05) is 18.2 Å². The first-order valence-electron chi connectivity index (χ1n) is 7.77. The highest BCUT2D eigenvalue weighted by atomic mass is 127. The number of rotatable bonds is 4. The van der Waals surface area contributed by atoms with Gasteiger partial charge in [-0.25, -0.2) is 0 Å². The maximum Gasteiger partial charge on any atom is 0.307 e. The van der Waals surface area contributed by atoms with Crippen molar-refractivity contribution in [3.05, 3.63) is 29.8 Å². The largest absolute Gasteiger partial charge is 0.487 e. The molecule has 0 saturated carbocycles. The van der Waals surface area contributed by atoms with E-state index < -0.39 is 0 Å². The molecular formula is C17H26IN3O3. The smallest absolute Gasteiger partial charge is 0.307 e. The Morgan fingerprint density at radius 2 is 2.12 bits per heavy atom. The number of nitrogens with one attached hydrogen (secondary N) is 2. The average molecular weight is 447 g/mol. The number of nitrogens with zero attached hydrogens (tertiary/aromatic N) is 1. The highest BCUT2D eigenvalue weighted by molar-refractivity contribution is 14.0. The number of carbonyl (C=O) groups excluding carboxylic acids is 1. The summed E-state index contributed by atoms with van der Waals surface area (Å²) in [5.41, 5.74) is 0.861. The molecule has 0 saturated heterocycles. The van der Waals surface area contributed by atoms with Gasteiger partial charge < -0.3 is 20.1 Å². The second kappa shape index (κ2) is 9.10. The number of benzene rings is 1. The zero-order chi connectivity index (χ0) is 16.9. The van der Waals surface area contributed by atoms with E-state index in [0.717, 1.165) is 17.7 Å². The summed E-state index contributed by atoms with van der Waals surface area (Å²) in [6.45, 7) is 4.62. The molecule has 2 rings (SSSR count). The summed E-state index contributed by atoms with van der Waals surface area (Å²) in [7, 11) is 3.10. The van der Waals surface area contributed by atoms with E-state index in [2.05, 4.69) is 40.3 Å². The van der Waals surface area contributed by atoms with Gasteiger partial charge in [0, 0.05) is 25.6 Å². The molecule has 0 spiro atoms. The van der Waals surface area contributed by atoms with Crippen molar-refractivity contribution in [2.45, 2.75) is 38.3 Å². The van der Waals surface area contributed by atoms with Gasteiger partial charge in [0.2, 0.25) is 0 Å². The van der Waals surface area contributed by atoms with Crippen LogP contribution in [-0.2, 0) is 9.53 Å². The van der Waals surface area contributed by atoms with Crippen LogP contribution >= 0.6 is 24.0 Å². The first-order chi connectivity index (χ1) is 10.9. The molecule has 1 unspecified atom stereocenters. The first kappa shape index (κ1) is 20.5. The third-order valence-electron chi connectivity index (χ3n) is 3.76. The van der Waals surface area contributed by atoms with E-state index >= 15 is 0 Å². The number of fused-ring (bicyclic) bond motifs is 1. The Morgan fingerprint density at radius 1 is 1.42 bits per heavy atom. The van der Waals surface area contributed by atoms with Gasteiger partial charge in [-0.1, -0.05) is 18.2 Å². The zero-order valence-electron chi connectivity index (χ0n) is 14.6. The van der Waals surface area contributed by atoms with Gasteiger partial charge in [-0.15, -0.1) is 24.0 Å². The van der Waals surface area contributed by atoms with Gasteiger partial charge in [-0.05, 0) is 19.9 Å². The lowest BCUT2D eigenvalue weighted by molar-refractivity contribution is -0.140. The van der Waals surface area contributed by atoms with E-state index in [-0.39, 0.29) is 41.6 Å². The molecule has 1 aliphatic rings. The SMILES string of the molecule is CN=C(NCCC(=O)OC)NC1CC(C)(C)Oc2ccccc21.I. The molecule has 0 fully saturated rings. The number of carbonyl (C=O) groups is 1. The van der Waals surface area contributed by atoms with Crippen molar-refractivity contribution in [3.63, 3.8) is 0 Å². The minimum Gasteiger partial charge on any atom is -0.487 e. The number of para-hydroxylation sites is 1. The summed E-state index contributed by atoms with van der Waals surface area (Å²) in [5.74, 6) is 1.31. The van der Waals surface area contributed by atoms with Crippen LogP contribution in [0.3, 0.4) is 0 Å². The van der Waals surface area contributed by atoms with E-state index in [1.165, 1.54) is 7.11 Å². The summed E-state index contributed by atoms with van der Waals surface area (Å²) in [6.07, 6.45) is 1.12. The molecule has 1 aromatic rings. The Kier molecular flexibility index (Phi) is 7.78. The quantitative estimate of drug-likeness (QED) is 0.322. The Balaban J connectivity index is 0.00000288. The Labute approximate surface area is 160 Å². The Hall–Kier alpha value is -1.51. The van der Waals surface area contributed by atoms with Gasteiger partial charge in [0.15, 0.2) is 5.96 Å². The standard InChI is InChI=1S/C17H25N3O3.HI/c1-17(2)11-13(12-7-5-6-8-14(12)23-17)20-16(18-3)19-10-9-15(21)22-4;/h5-8,13H,9-11H2,1-4H3,(H2,18,19,20);1H. The van der Waals surface area contributed by atoms with E-state index in [0.29, 0.717) is 18.9 Å². The molecule has 0 radical (unpaired) electrons. The van der Waals surface area contributed by atoms with Gasteiger partial charge in [0.25, 0.3) is 0 Å². The van der Waals surface area contributed by atoms with Crippen molar-refractivity contribution in [3.8, 4) is 5.75 Å². The highest BCUT2D eigenvalue weighted by Gasteiger charge is 2.33. The van der Waals surface area contributed by atoms with E-state index in [9.17, 15) is 4.79 Å². The van der Waals surface area contributed by atoms with Crippen molar-refractivity contribution in [2.75, 3.05) is 20.7 Å². The Bertz CT molecular complexity index is 590. The summed E-state index contributed by atoms with van der Waals surface area (Å²) in [4.78, 5) is 15.4. The van der Waals surface area contributed by atoms with Crippen LogP contribution < -0.4 is 15.4 Å². The van der Waals surface area contributed by atoms with E-state index in [1.54, 1.807) is 7.05 Å². The number of hydrogen-bond donors (Lipinski definition) is 2. The van der Waals surface area contributed by atoms with Gasteiger partial charge in [-0.2, -0.15) is 0 Å². The Morgan fingerprint density at radius 3 is 2.79 bits per heavy atom. The predicted octanol–water partition coefficient (Wildman–Crippen LogP) is 2.63. The van der Waals surface area contributed by atoms with Gasteiger partial charge in [-0.3, -0.25) is 9.79 Å². The summed E-state index contributed by atoms with van der Waals surface area (Å²) in [6, 6.07) is 8.12. The molecular weight excluding hydrogens is 421 g/mol. The maximum absolute atomic E-state index is 11.2. The molecule has 1 atom stereocenters. The number of halogens is 1. The second-order valence-electron chi connectivity index (χ2n) is 6.13. The number of ether oxygens (including phenoxy) is 2. The van der Waals surface area contributed by atoms with Crippen molar-refractivity contribution in [1.82, 2.24) is 10.6 Å². The molecule has 24 heavy (non-hydrogen) atoms. The van der Waals surface area contributed by atoms with Crippen LogP contribution in [0.5, 0.6) is 5.75 Å². The fourth-order valence-electron chi connectivity index (χ4n) is 2.68. The number of esters is 1. The first-order valence-corrected chi connectivity index (χ1v) is 7.77. The monoisotopic (exact) mass is 447 g/mol. The van der Waals surface area contributed by atoms with E-state index in [4.69, 9.17) is 4.74 Å². The van der Waals surface area contributed by atoms with Crippen molar-refractivity contribution in [1.29, 1.82) is 0 Å².